The molecule has 3 amide bonds. The second kappa shape index (κ2) is 5.65. The second-order valence-corrected chi connectivity index (χ2v) is 5.63. The van der Waals surface area contributed by atoms with E-state index in [9.17, 15) is 9.59 Å². The van der Waals surface area contributed by atoms with Gasteiger partial charge in [-0.3, -0.25) is 9.78 Å². The minimum atomic E-state index is -0.443. The number of nitrogens with one attached hydrogen (secondary N) is 1. The molecule has 2 aromatic rings. The highest BCUT2D eigenvalue weighted by molar-refractivity contribution is 14.1. The van der Waals surface area contributed by atoms with Gasteiger partial charge in [0.25, 0.3) is 5.91 Å². The fraction of sp³-hybridized carbons (Fsp3) is 0. The highest BCUT2D eigenvalue weighted by Gasteiger charge is 2.34. The molecular weight excluding hydrogens is 381 g/mol. The summed E-state index contributed by atoms with van der Waals surface area (Å²) in [6, 6.07) is 10.3. The van der Waals surface area contributed by atoms with E-state index >= 15 is 0 Å². The van der Waals surface area contributed by atoms with Crippen molar-refractivity contribution in [1.29, 1.82) is 0 Å². The maximum Gasteiger partial charge on any atom is 0.333 e. The monoisotopic (exact) mass is 391 g/mol. The summed E-state index contributed by atoms with van der Waals surface area (Å²) in [6.07, 6.45) is 4.89. The van der Waals surface area contributed by atoms with Crippen molar-refractivity contribution in [2.24, 2.45) is 0 Å². The van der Waals surface area contributed by atoms with E-state index in [1.165, 1.54) is 0 Å². The van der Waals surface area contributed by atoms with E-state index in [2.05, 4.69) is 32.9 Å². The molecule has 1 aromatic heterocycles. The van der Waals surface area contributed by atoms with Gasteiger partial charge in [-0.05, 0) is 70.6 Å². The van der Waals surface area contributed by atoms with Crippen LogP contribution in [0.2, 0.25) is 0 Å². The number of rotatable bonds is 2. The summed E-state index contributed by atoms with van der Waals surface area (Å²) in [4.78, 5) is 29.4. The lowest BCUT2D eigenvalue weighted by atomic mass is 10.2. The molecule has 0 radical (unpaired) electrons. The summed E-state index contributed by atoms with van der Waals surface area (Å²) >= 11 is 2.17. The van der Waals surface area contributed by atoms with Crippen molar-refractivity contribution in [3.8, 4) is 0 Å². The summed E-state index contributed by atoms with van der Waals surface area (Å²) < 4.78 is 1.04. The quantitative estimate of drug-likeness (QED) is 0.487. The number of amides is 3. The predicted molar refractivity (Wildman–Crippen MR) is 87.4 cm³/mol. The van der Waals surface area contributed by atoms with Crippen molar-refractivity contribution in [3.05, 3.63) is 63.6 Å². The molecule has 0 saturated carbocycles. The number of aromatic nitrogens is 1. The van der Waals surface area contributed by atoms with E-state index in [1.54, 1.807) is 42.7 Å². The van der Waals surface area contributed by atoms with E-state index in [-0.39, 0.29) is 11.6 Å². The van der Waals surface area contributed by atoms with Gasteiger partial charge in [0.05, 0.1) is 5.69 Å². The summed E-state index contributed by atoms with van der Waals surface area (Å²) in [5.74, 6) is -0.363. The molecule has 3 rings (SSSR count). The maximum absolute atomic E-state index is 12.4. The van der Waals surface area contributed by atoms with Crippen molar-refractivity contribution in [2.75, 3.05) is 4.90 Å². The van der Waals surface area contributed by atoms with E-state index < -0.39 is 6.03 Å². The smallest absolute Gasteiger partial charge is 0.302 e. The molecule has 1 saturated heterocycles. The number of nitrogens with zero attached hydrogens (tertiary/aromatic N) is 2. The van der Waals surface area contributed by atoms with Crippen LogP contribution in [0.3, 0.4) is 0 Å². The molecule has 1 aromatic carbocycles. The van der Waals surface area contributed by atoms with Crippen LogP contribution in [0.25, 0.3) is 6.08 Å². The Morgan fingerprint density at radius 2 is 1.71 bits per heavy atom. The van der Waals surface area contributed by atoms with Crippen LogP contribution >= 0.6 is 22.6 Å². The van der Waals surface area contributed by atoms with Gasteiger partial charge >= 0.3 is 6.03 Å². The topological polar surface area (TPSA) is 62.3 Å². The molecule has 104 valence electrons. The Balaban J connectivity index is 1.92. The number of imide groups is 1. The normalized spacial score (nSPS) is 16.4. The Kier molecular flexibility index (Phi) is 3.70. The number of anilines is 1. The Morgan fingerprint density at radius 3 is 2.38 bits per heavy atom. The van der Waals surface area contributed by atoms with Gasteiger partial charge in [-0.15, -0.1) is 0 Å². The van der Waals surface area contributed by atoms with Gasteiger partial charge in [0, 0.05) is 16.0 Å². The molecule has 1 N–H and O–H groups in total. The fourth-order valence-corrected chi connectivity index (χ4v) is 2.35. The van der Waals surface area contributed by atoms with E-state index in [0.29, 0.717) is 5.69 Å². The highest BCUT2D eigenvalue weighted by atomic mass is 127. The first-order chi connectivity index (χ1) is 10.1. The van der Waals surface area contributed by atoms with Crippen molar-refractivity contribution in [3.63, 3.8) is 0 Å². The molecule has 1 aliphatic heterocycles. The number of pyridine rings is 1. The van der Waals surface area contributed by atoms with Crippen molar-refractivity contribution in [1.82, 2.24) is 10.3 Å². The van der Waals surface area contributed by atoms with Gasteiger partial charge in [0.1, 0.15) is 5.70 Å². The lowest BCUT2D eigenvalue weighted by Gasteiger charge is -2.11. The third-order valence-electron chi connectivity index (χ3n) is 2.98. The molecule has 1 fully saturated rings. The molecule has 0 bridgehead atoms. The Hall–Kier alpha value is -2.22. The van der Waals surface area contributed by atoms with E-state index in [4.69, 9.17) is 0 Å². The van der Waals surface area contributed by atoms with Crippen molar-refractivity contribution >= 4 is 46.3 Å². The molecule has 2 heterocycles. The zero-order chi connectivity index (χ0) is 14.8. The molecular formula is C15H10IN3O2. The fourth-order valence-electron chi connectivity index (χ4n) is 1.99. The first-order valence-electron chi connectivity index (χ1n) is 6.18. The number of hydrogen-bond donors (Lipinski definition) is 1. The van der Waals surface area contributed by atoms with Gasteiger partial charge in [0.2, 0.25) is 0 Å². The highest BCUT2D eigenvalue weighted by Crippen LogP contribution is 2.22. The Bertz CT molecular complexity index is 726. The van der Waals surface area contributed by atoms with Gasteiger partial charge in [0.15, 0.2) is 0 Å². The third-order valence-corrected chi connectivity index (χ3v) is 3.70. The van der Waals surface area contributed by atoms with Crippen LogP contribution < -0.4 is 10.2 Å². The summed E-state index contributed by atoms with van der Waals surface area (Å²) in [7, 11) is 0. The molecule has 21 heavy (non-hydrogen) atoms. The van der Waals surface area contributed by atoms with Gasteiger partial charge in [-0.25, -0.2) is 9.69 Å². The van der Waals surface area contributed by atoms with Crippen LogP contribution in [0.5, 0.6) is 0 Å². The first kappa shape index (κ1) is 13.7. The summed E-state index contributed by atoms with van der Waals surface area (Å²) in [6.45, 7) is 0. The number of benzene rings is 1. The molecule has 6 heteroatoms. The predicted octanol–water partition coefficient (Wildman–Crippen LogP) is 2.78. The lowest BCUT2D eigenvalue weighted by Crippen LogP contribution is -2.30. The average Bonchev–Trinajstić information content (AvgIpc) is 2.76. The van der Waals surface area contributed by atoms with Crippen LogP contribution in [-0.4, -0.2) is 16.9 Å². The maximum atomic E-state index is 12.4. The largest absolute Gasteiger partial charge is 0.333 e. The lowest BCUT2D eigenvalue weighted by molar-refractivity contribution is -0.113. The Labute approximate surface area is 134 Å². The van der Waals surface area contributed by atoms with Gasteiger partial charge in [-0.2, -0.15) is 0 Å². The minimum absolute atomic E-state index is 0.254. The summed E-state index contributed by atoms with van der Waals surface area (Å²) in [5, 5.41) is 2.59. The standard InChI is InChI=1S/C15H10IN3O2/c16-11-1-3-12(4-2-11)19-14(20)13(18-15(19)21)9-10-5-7-17-8-6-10/h1-9H,(H,18,21)/b13-9-. The third kappa shape index (κ3) is 2.80. The van der Waals surface area contributed by atoms with Gasteiger partial charge < -0.3 is 5.32 Å². The first-order valence-corrected chi connectivity index (χ1v) is 7.26. The molecule has 0 unspecified atom stereocenters. The number of hydrogen-bond acceptors (Lipinski definition) is 3. The van der Waals surface area contributed by atoms with Crippen LogP contribution in [0.15, 0.2) is 54.5 Å². The molecule has 1 aliphatic rings. The zero-order valence-electron chi connectivity index (χ0n) is 10.8. The second-order valence-electron chi connectivity index (χ2n) is 4.39. The van der Waals surface area contributed by atoms with Crippen molar-refractivity contribution < 1.29 is 9.59 Å². The molecule has 0 atom stereocenters. The molecule has 0 aliphatic carbocycles. The molecule has 0 spiro atoms. The summed E-state index contributed by atoms with van der Waals surface area (Å²) in [5.41, 5.74) is 1.61. The van der Waals surface area contributed by atoms with E-state index in [1.807, 2.05) is 12.1 Å². The molecule has 5 nitrogen and oxygen atoms in total. The average molecular weight is 391 g/mol. The van der Waals surface area contributed by atoms with Gasteiger partial charge in [-0.1, -0.05) is 0 Å². The Morgan fingerprint density at radius 1 is 1.05 bits per heavy atom. The number of urea groups is 1. The number of carbonyl (C=O) groups excluding carboxylic acids is 2. The van der Waals surface area contributed by atoms with Crippen LogP contribution in [-0.2, 0) is 4.79 Å². The van der Waals surface area contributed by atoms with Crippen LogP contribution in [0.1, 0.15) is 5.56 Å². The minimum Gasteiger partial charge on any atom is -0.302 e. The SMILES string of the molecule is O=C1N/C(=C\c2ccncc2)C(=O)N1c1ccc(I)cc1. The van der Waals surface area contributed by atoms with Crippen molar-refractivity contribution in [2.45, 2.75) is 0 Å². The van der Waals surface area contributed by atoms with Crippen LogP contribution in [0.4, 0.5) is 10.5 Å². The number of halogens is 1. The zero-order valence-corrected chi connectivity index (χ0v) is 12.9. The number of carbonyl (C=O) groups is 2. The van der Waals surface area contributed by atoms with E-state index in [0.717, 1.165) is 14.0 Å². The van der Waals surface area contributed by atoms with Crippen LogP contribution in [0, 0.1) is 3.57 Å².